The average molecular weight is 478 g/mol. The number of nitrogens with two attached hydrogens (primary N) is 1. The number of primary sulfonamides is 1. The molecule has 168 valence electrons. The molecule has 1 aliphatic heterocycles. The zero-order valence-corrected chi connectivity index (χ0v) is 17.7. The Bertz CT molecular complexity index is 1050. The summed E-state index contributed by atoms with van der Waals surface area (Å²) in [4.78, 5) is 16.1. The molecule has 12 heteroatoms. The van der Waals surface area contributed by atoms with E-state index in [1.165, 1.54) is 24.3 Å². The summed E-state index contributed by atoms with van der Waals surface area (Å²) in [6, 6.07) is 9.55. The highest BCUT2D eigenvalue weighted by atomic mass is 35.5. The van der Waals surface area contributed by atoms with Gasteiger partial charge in [-0.1, -0.05) is 23.7 Å². The van der Waals surface area contributed by atoms with Crippen LogP contribution >= 0.6 is 11.6 Å². The fraction of sp³-hybridized carbons (Fsp3) is 0.316. The van der Waals surface area contributed by atoms with Crippen molar-refractivity contribution in [2.24, 2.45) is 5.14 Å². The van der Waals surface area contributed by atoms with Crippen molar-refractivity contribution in [3.05, 3.63) is 58.6 Å². The Morgan fingerprint density at radius 1 is 1.06 bits per heavy atom. The van der Waals surface area contributed by atoms with Crippen LogP contribution < -0.4 is 9.88 Å². The Kier molecular flexibility index (Phi) is 6.79. The molecule has 2 N–H and O–H groups in total. The van der Waals surface area contributed by atoms with Crippen molar-refractivity contribution in [2.45, 2.75) is 17.8 Å². The predicted molar refractivity (Wildman–Crippen MR) is 107 cm³/mol. The molecule has 1 saturated heterocycles. The van der Waals surface area contributed by atoms with Gasteiger partial charge >= 0.3 is 6.36 Å². The highest BCUT2D eigenvalue weighted by Gasteiger charge is 2.31. The second-order valence-corrected chi connectivity index (χ2v) is 8.89. The van der Waals surface area contributed by atoms with E-state index < -0.39 is 16.4 Å². The van der Waals surface area contributed by atoms with Crippen LogP contribution in [0.25, 0.3) is 0 Å². The number of hydrogen-bond donors (Lipinski definition) is 1. The number of carbonyl (C=O) groups is 1. The highest BCUT2D eigenvalue weighted by molar-refractivity contribution is 7.89. The maximum absolute atomic E-state index is 12.7. The summed E-state index contributed by atoms with van der Waals surface area (Å²) >= 11 is 5.85. The first-order valence-electron chi connectivity index (χ1n) is 9.11. The number of hydrogen-bond acceptors (Lipinski definition) is 5. The molecule has 1 amide bonds. The zero-order valence-electron chi connectivity index (χ0n) is 16.1. The van der Waals surface area contributed by atoms with Crippen molar-refractivity contribution in [2.75, 3.05) is 26.2 Å². The van der Waals surface area contributed by atoms with Gasteiger partial charge in [0.25, 0.3) is 5.91 Å². The van der Waals surface area contributed by atoms with Crippen molar-refractivity contribution in [3.8, 4) is 5.75 Å². The summed E-state index contributed by atoms with van der Waals surface area (Å²) in [6.07, 6.45) is -4.73. The number of carbonyl (C=O) groups excluding carboxylic acids is 1. The Morgan fingerprint density at radius 3 is 2.23 bits per heavy atom. The van der Waals surface area contributed by atoms with Gasteiger partial charge in [0, 0.05) is 38.3 Å². The molecule has 0 aromatic heterocycles. The number of rotatable bonds is 5. The first-order valence-corrected chi connectivity index (χ1v) is 11.0. The van der Waals surface area contributed by atoms with Gasteiger partial charge in [0.15, 0.2) is 0 Å². The molecule has 0 unspecified atom stereocenters. The van der Waals surface area contributed by atoms with Crippen molar-refractivity contribution < 1.29 is 31.1 Å². The molecule has 0 radical (unpaired) electrons. The van der Waals surface area contributed by atoms with Gasteiger partial charge in [-0.2, -0.15) is 0 Å². The molecule has 0 aliphatic carbocycles. The van der Waals surface area contributed by atoms with E-state index in [2.05, 4.69) is 9.64 Å². The number of ether oxygens (including phenoxy) is 1. The van der Waals surface area contributed by atoms with Crippen LogP contribution in [0.2, 0.25) is 5.02 Å². The number of sulfonamides is 1. The number of amides is 1. The lowest BCUT2D eigenvalue weighted by atomic mass is 10.1. The SMILES string of the molecule is NS(=O)(=O)c1cc(C(=O)N2CCN(Cc3ccc(OC(F)(F)F)cc3)CC2)ccc1Cl. The number of benzene rings is 2. The van der Waals surface area contributed by atoms with Gasteiger partial charge in [-0.25, -0.2) is 13.6 Å². The smallest absolute Gasteiger partial charge is 0.406 e. The number of alkyl halides is 3. The Labute approximate surface area is 182 Å². The van der Waals surface area contributed by atoms with E-state index in [4.69, 9.17) is 16.7 Å². The average Bonchev–Trinajstić information content (AvgIpc) is 2.68. The first-order chi connectivity index (χ1) is 14.4. The summed E-state index contributed by atoms with van der Waals surface area (Å²) in [7, 11) is -4.06. The standard InChI is InChI=1S/C19H19ClF3N3O4S/c20-16-6-3-14(11-17(16)31(24,28)29)18(27)26-9-7-25(8-10-26)12-13-1-4-15(5-2-13)30-19(21,22)23/h1-6,11H,7-10,12H2,(H2,24,28,29). The van der Waals surface area contributed by atoms with Crippen LogP contribution in [0.1, 0.15) is 15.9 Å². The zero-order chi connectivity index (χ0) is 22.8. The molecule has 2 aromatic carbocycles. The van der Waals surface area contributed by atoms with Gasteiger partial charge in [0.05, 0.1) is 5.02 Å². The largest absolute Gasteiger partial charge is 0.573 e. The Balaban J connectivity index is 1.58. The second-order valence-electron chi connectivity index (χ2n) is 6.95. The minimum Gasteiger partial charge on any atom is -0.406 e. The van der Waals surface area contributed by atoms with E-state index in [9.17, 15) is 26.4 Å². The fourth-order valence-electron chi connectivity index (χ4n) is 3.20. The van der Waals surface area contributed by atoms with E-state index >= 15 is 0 Å². The molecule has 7 nitrogen and oxygen atoms in total. The van der Waals surface area contributed by atoms with Gasteiger partial charge in [-0.05, 0) is 35.9 Å². The van der Waals surface area contributed by atoms with Gasteiger partial charge in [-0.3, -0.25) is 9.69 Å². The second kappa shape index (κ2) is 9.03. The summed E-state index contributed by atoms with van der Waals surface area (Å²) in [5.41, 5.74) is 0.979. The summed E-state index contributed by atoms with van der Waals surface area (Å²) in [6.45, 7) is 2.40. The molecule has 0 bridgehead atoms. The van der Waals surface area contributed by atoms with Crippen molar-refractivity contribution in [1.29, 1.82) is 0 Å². The minimum absolute atomic E-state index is 0.0597. The van der Waals surface area contributed by atoms with Crippen molar-refractivity contribution in [3.63, 3.8) is 0 Å². The topological polar surface area (TPSA) is 92.9 Å². The third-order valence-electron chi connectivity index (χ3n) is 4.71. The van der Waals surface area contributed by atoms with Gasteiger partial charge < -0.3 is 9.64 Å². The maximum atomic E-state index is 12.7. The molecule has 0 atom stereocenters. The molecule has 0 saturated carbocycles. The Morgan fingerprint density at radius 2 is 1.68 bits per heavy atom. The van der Waals surface area contributed by atoms with E-state index in [1.807, 2.05) is 0 Å². The van der Waals surface area contributed by atoms with Crippen LogP contribution in [-0.4, -0.2) is 56.7 Å². The molecular formula is C19H19ClF3N3O4S. The van der Waals surface area contributed by atoms with Gasteiger partial charge in [-0.15, -0.1) is 13.2 Å². The quantitative estimate of drug-likeness (QED) is 0.715. The van der Waals surface area contributed by atoms with Crippen molar-refractivity contribution in [1.82, 2.24) is 9.80 Å². The van der Waals surface area contributed by atoms with E-state index in [1.54, 1.807) is 17.0 Å². The monoisotopic (exact) mass is 477 g/mol. The van der Waals surface area contributed by atoms with Gasteiger partial charge in [0.2, 0.25) is 10.0 Å². The van der Waals surface area contributed by atoms with Crippen LogP contribution in [0.3, 0.4) is 0 Å². The van der Waals surface area contributed by atoms with Crippen molar-refractivity contribution >= 4 is 27.5 Å². The lowest BCUT2D eigenvalue weighted by Crippen LogP contribution is -2.48. The van der Waals surface area contributed by atoms with Gasteiger partial charge in [0.1, 0.15) is 10.6 Å². The third kappa shape index (κ3) is 6.33. The van der Waals surface area contributed by atoms with E-state index in [-0.39, 0.29) is 27.1 Å². The predicted octanol–water partition coefficient (Wildman–Crippen LogP) is 2.84. The van der Waals surface area contributed by atoms with Crippen LogP contribution in [0.15, 0.2) is 47.4 Å². The molecular weight excluding hydrogens is 459 g/mol. The molecule has 3 rings (SSSR count). The fourth-order valence-corrected chi connectivity index (χ4v) is 4.27. The third-order valence-corrected chi connectivity index (χ3v) is 6.10. The first kappa shape index (κ1) is 23.3. The molecule has 1 heterocycles. The molecule has 1 aliphatic rings. The van der Waals surface area contributed by atoms with Crippen LogP contribution in [-0.2, 0) is 16.6 Å². The molecule has 1 fully saturated rings. The minimum atomic E-state index is -4.73. The lowest BCUT2D eigenvalue weighted by molar-refractivity contribution is -0.274. The Hall–Kier alpha value is -2.34. The summed E-state index contributed by atoms with van der Waals surface area (Å²) < 4.78 is 63.8. The highest BCUT2D eigenvalue weighted by Crippen LogP contribution is 2.24. The number of halogens is 4. The lowest BCUT2D eigenvalue weighted by Gasteiger charge is -2.35. The molecule has 2 aromatic rings. The summed E-state index contributed by atoms with van der Waals surface area (Å²) in [5, 5.41) is 5.07. The molecule has 31 heavy (non-hydrogen) atoms. The van der Waals surface area contributed by atoms with E-state index in [0.29, 0.717) is 32.7 Å². The molecule has 0 spiro atoms. The van der Waals surface area contributed by atoms with Crippen LogP contribution in [0, 0.1) is 0 Å². The van der Waals surface area contributed by atoms with Crippen LogP contribution in [0.5, 0.6) is 5.75 Å². The van der Waals surface area contributed by atoms with E-state index in [0.717, 1.165) is 11.6 Å². The number of nitrogens with zero attached hydrogens (tertiary/aromatic N) is 2. The maximum Gasteiger partial charge on any atom is 0.573 e. The normalized spacial score (nSPS) is 15.7. The van der Waals surface area contributed by atoms with Crippen LogP contribution in [0.4, 0.5) is 13.2 Å². The number of piperazine rings is 1. The summed E-state index contributed by atoms with van der Waals surface area (Å²) in [5.74, 6) is -0.622.